The van der Waals surface area contributed by atoms with Crippen molar-refractivity contribution in [1.82, 2.24) is 4.31 Å². The molecular formula is C11H14F2N2O2S. The average molecular weight is 276 g/mol. The lowest BCUT2D eigenvalue weighted by molar-refractivity contribution is 0.452. The van der Waals surface area contributed by atoms with E-state index in [2.05, 4.69) is 0 Å². The van der Waals surface area contributed by atoms with Crippen molar-refractivity contribution in [3.8, 4) is 0 Å². The van der Waals surface area contributed by atoms with Gasteiger partial charge in [-0.1, -0.05) is 0 Å². The third kappa shape index (κ3) is 2.38. The Morgan fingerprint density at radius 1 is 1.39 bits per heavy atom. The molecular weight excluding hydrogens is 262 g/mol. The summed E-state index contributed by atoms with van der Waals surface area (Å²) < 4.78 is 52.0. The van der Waals surface area contributed by atoms with Crippen molar-refractivity contribution < 1.29 is 17.2 Å². The number of hydrogen-bond acceptors (Lipinski definition) is 3. The second-order valence-corrected chi connectivity index (χ2v) is 6.23. The third-order valence-corrected chi connectivity index (χ3v) is 4.97. The van der Waals surface area contributed by atoms with Gasteiger partial charge in [0.25, 0.3) is 0 Å². The van der Waals surface area contributed by atoms with E-state index in [1.807, 2.05) is 0 Å². The standard InChI is InChI=1S/C11H14F2N2O2S/c12-9-1-2-10(13)11(5-9)18(16,17)15-4-3-8(6-14)7-15/h1-2,5,8H,3-4,6-7,14H2/t8-/m0/s1. The molecule has 0 radical (unpaired) electrons. The summed E-state index contributed by atoms with van der Waals surface area (Å²) in [4.78, 5) is -0.611. The fourth-order valence-electron chi connectivity index (χ4n) is 2.02. The molecule has 1 saturated heterocycles. The van der Waals surface area contributed by atoms with Crippen LogP contribution < -0.4 is 5.73 Å². The topological polar surface area (TPSA) is 63.4 Å². The van der Waals surface area contributed by atoms with Crippen LogP contribution >= 0.6 is 0 Å². The Labute approximate surface area is 104 Å². The Hall–Kier alpha value is -1.05. The number of rotatable bonds is 3. The number of benzene rings is 1. The van der Waals surface area contributed by atoms with Crippen LogP contribution in [0.3, 0.4) is 0 Å². The van der Waals surface area contributed by atoms with E-state index in [1.165, 1.54) is 0 Å². The van der Waals surface area contributed by atoms with Gasteiger partial charge in [0.2, 0.25) is 10.0 Å². The molecule has 7 heteroatoms. The molecule has 0 unspecified atom stereocenters. The molecule has 1 fully saturated rings. The summed E-state index contributed by atoms with van der Waals surface area (Å²) in [5, 5.41) is 0. The number of hydrogen-bond donors (Lipinski definition) is 1. The van der Waals surface area contributed by atoms with Gasteiger partial charge in [-0.05, 0) is 37.1 Å². The van der Waals surface area contributed by atoms with Gasteiger partial charge in [-0.15, -0.1) is 0 Å². The summed E-state index contributed by atoms with van der Waals surface area (Å²) in [6, 6.07) is 2.42. The SMILES string of the molecule is NC[C@@H]1CCN(S(=O)(=O)c2cc(F)ccc2F)C1. The van der Waals surface area contributed by atoms with Gasteiger partial charge in [0.1, 0.15) is 16.5 Å². The lowest BCUT2D eigenvalue weighted by Crippen LogP contribution is -2.30. The van der Waals surface area contributed by atoms with Crippen LogP contribution in [0.1, 0.15) is 6.42 Å². The smallest absolute Gasteiger partial charge is 0.246 e. The highest BCUT2D eigenvalue weighted by molar-refractivity contribution is 7.89. The highest BCUT2D eigenvalue weighted by atomic mass is 32.2. The van der Waals surface area contributed by atoms with Crippen LogP contribution in [0.2, 0.25) is 0 Å². The first-order chi connectivity index (χ1) is 8.45. The first kappa shape index (κ1) is 13.4. The maximum absolute atomic E-state index is 13.5. The Bertz CT molecular complexity index is 548. The molecule has 0 saturated carbocycles. The molecule has 18 heavy (non-hydrogen) atoms. The summed E-state index contributed by atoms with van der Waals surface area (Å²) in [7, 11) is -3.97. The lowest BCUT2D eigenvalue weighted by Gasteiger charge is -2.16. The second kappa shape index (κ2) is 4.91. The van der Waals surface area contributed by atoms with Gasteiger partial charge in [-0.25, -0.2) is 17.2 Å². The highest BCUT2D eigenvalue weighted by Gasteiger charge is 2.33. The summed E-state index contributed by atoms with van der Waals surface area (Å²) in [5.41, 5.74) is 5.48. The van der Waals surface area contributed by atoms with Crippen LogP contribution in [-0.4, -0.2) is 32.4 Å². The maximum Gasteiger partial charge on any atom is 0.246 e. The Kier molecular flexibility index (Phi) is 3.65. The highest BCUT2D eigenvalue weighted by Crippen LogP contribution is 2.25. The minimum Gasteiger partial charge on any atom is -0.330 e. The van der Waals surface area contributed by atoms with E-state index < -0.39 is 26.6 Å². The van der Waals surface area contributed by atoms with Crippen LogP contribution in [0, 0.1) is 17.6 Å². The summed E-state index contributed by atoms with van der Waals surface area (Å²) in [6.07, 6.45) is 0.646. The minimum absolute atomic E-state index is 0.0800. The fourth-order valence-corrected chi connectivity index (χ4v) is 3.63. The summed E-state index contributed by atoms with van der Waals surface area (Å²) >= 11 is 0. The Morgan fingerprint density at radius 2 is 2.11 bits per heavy atom. The molecule has 2 N–H and O–H groups in total. The largest absolute Gasteiger partial charge is 0.330 e. The molecule has 1 aliphatic heterocycles. The molecule has 0 spiro atoms. The van der Waals surface area contributed by atoms with Crippen LogP contribution in [-0.2, 0) is 10.0 Å². The molecule has 1 aromatic carbocycles. The van der Waals surface area contributed by atoms with Crippen molar-refractivity contribution in [3.05, 3.63) is 29.8 Å². The average Bonchev–Trinajstić information content (AvgIpc) is 2.81. The zero-order chi connectivity index (χ0) is 13.3. The first-order valence-corrected chi connectivity index (χ1v) is 7.04. The lowest BCUT2D eigenvalue weighted by atomic mass is 10.1. The van der Waals surface area contributed by atoms with Gasteiger partial charge in [0.05, 0.1) is 0 Å². The molecule has 0 aliphatic carbocycles. The number of halogens is 2. The van der Waals surface area contributed by atoms with Crippen molar-refractivity contribution in [2.75, 3.05) is 19.6 Å². The van der Waals surface area contributed by atoms with E-state index in [0.717, 1.165) is 16.4 Å². The maximum atomic E-state index is 13.5. The van der Waals surface area contributed by atoms with Crippen LogP contribution in [0.15, 0.2) is 23.1 Å². The minimum atomic E-state index is -3.97. The Balaban J connectivity index is 2.34. The number of sulfonamides is 1. The van der Waals surface area contributed by atoms with Crippen LogP contribution in [0.5, 0.6) is 0 Å². The monoisotopic (exact) mass is 276 g/mol. The van der Waals surface area contributed by atoms with Gasteiger partial charge in [-0.2, -0.15) is 4.31 Å². The van der Waals surface area contributed by atoms with Crippen molar-refractivity contribution >= 4 is 10.0 Å². The predicted molar refractivity (Wildman–Crippen MR) is 62.3 cm³/mol. The van der Waals surface area contributed by atoms with Crippen molar-refractivity contribution in [3.63, 3.8) is 0 Å². The van der Waals surface area contributed by atoms with Crippen LogP contribution in [0.4, 0.5) is 8.78 Å². The normalized spacial score (nSPS) is 21.4. The third-order valence-electron chi connectivity index (χ3n) is 3.09. The molecule has 1 heterocycles. The van der Waals surface area contributed by atoms with Gasteiger partial charge in [-0.3, -0.25) is 0 Å². The van der Waals surface area contributed by atoms with Crippen molar-refractivity contribution in [1.29, 1.82) is 0 Å². The van der Waals surface area contributed by atoms with Gasteiger partial charge >= 0.3 is 0 Å². The molecule has 0 aromatic heterocycles. The number of nitrogens with zero attached hydrogens (tertiary/aromatic N) is 1. The number of nitrogens with two attached hydrogens (primary N) is 1. The zero-order valence-corrected chi connectivity index (χ0v) is 10.5. The molecule has 100 valence electrons. The van der Waals surface area contributed by atoms with Crippen LogP contribution in [0.25, 0.3) is 0 Å². The summed E-state index contributed by atoms with van der Waals surface area (Å²) in [6.45, 7) is 0.937. The van der Waals surface area contributed by atoms with E-state index in [1.54, 1.807) is 0 Å². The van der Waals surface area contributed by atoms with E-state index in [-0.39, 0.29) is 12.5 Å². The fraction of sp³-hybridized carbons (Fsp3) is 0.455. The van der Waals surface area contributed by atoms with E-state index >= 15 is 0 Å². The van der Waals surface area contributed by atoms with Gasteiger partial charge in [0, 0.05) is 13.1 Å². The molecule has 0 amide bonds. The van der Waals surface area contributed by atoms with E-state index in [0.29, 0.717) is 25.6 Å². The zero-order valence-electron chi connectivity index (χ0n) is 9.64. The molecule has 1 aliphatic rings. The summed E-state index contributed by atoms with van der Waals surface area (Å²) in [5.74, 6) is -1.63. The molecule has 0 bridgehead atoms. The molecule has 1 atom stereocenters. The molecule has 4 nitrogen and oxygen atoms in total. The second-order valence-electron chi connectivity index (χ2n) is 4.33. The molecule has 2 rings (SSSR count). The van der Waals surface area contributed by atoms with Crippen molar-refractivity contribution in [2.45, 2.75) is 11.3 Å². The van der Waals surface area contributed by atoms with Crippen molar-refractivity contribution in [2.24, 2.45) is 11.7 Å². The quantitative estimate of drug-likeness (QED) is 0.893. The van der Waals surface area contributed by atoms with E-state index in [4.69, 9.17) is 5.73 Å². The van der Waals surface area contributed by atoms with E-state index in [9.17, 15) is 17.2 Å². The Morgan fingerprint density at radius 3 is 2.72 bits per heavy atom. The molecule has 1 aromatic rings. The van der Waals surface area contributed by atoms with Gasteiger partial charge in [0.15, 0.2) is 0 Å². The first-order valence-electron chi connectivity index (χ1n) is 5.60. The predicted octanol–water partition coefficient (Wildman–Crippen LogP) is 0.934. The van der Waals surface area contributed by atoms with Gasteiger partial charge < -0.3 is 5.73 Å².